The molecule has 0 saturated carbocycles. The molecule has 104 valence electrons. The molecule has 0 amide bonds. The lowest BCUT2D eigenvalue weighted by atomic mass is 10.2. The normalized spacial score (nSPS) is 10.1. The van der Waals surface area contributed by atoms with Crippen molar-refractivity contribution in [1.82, 2.24) is 0 Å². The molecule has 0 fully saturated rings. The zero-order valence-corrected chi connectivity index (χ0v) is 12.7. The van der Waals surface area contributed by atoms with E-state index in [0.29, 0.717) is 24.5 Å². The molecule has 0 bridgehead atoms. The quantitative estimate of drug-likeness (QED) is 0.768. The number of rotatable bonds is 5. The number of benzene rings is 2. The summed E-state index contributed by atoms with van der Waals surface area (Å²) in [5.74, 6) is 0.281. The molecule has 0 spiro atoms. The Morgan fingerprint density at radius 2 is 1.90 bits per heavy atom. The molecule has 0 aliphatic carbocycles. The van der Waals surface area contributed by atoms with E-state index in [1.165, 1.54) is 0 Å². The smallest absolute Gasteiger partial charge is 0.338 e. The SMILES string of the molecule is CCOC(=O)c1ccc(Br)c(OCc2ccccc2)c1. The maximum atomic E-state index is 11.7. The first-order chi connectivity index (χ1) is 9.70. The van der Waals surface area contributed by atoms with Gasteiger partial charge in [-0.1, -0.05) is 30.3 Å². The van der Waals surface area contributed by atoms with Gasteiger partial charge in [0.05, 0.1) is 16.6 Å². The lowest BCUT2D eigenvalue weighted by Gasteiger charge is -2.10. The van der Waals surface area contributed by atoms with Gasteiger partial charge in [-0.05, 0) is 46.6 Å². The van der Waals surface area contributed by atoms with E-state index < -0.39 is 0 Å². The second kappa shape index (κ2) is 7.10. The molecule has 0 N–H and O–H groups in total. The van der Waals surface area contributed by atoms with Gasteiger partial charge in [0.2, 0.25) is 0 Å². The fourth-order valence-corrected chi connectivity index (χ4v) is 2.05. The van der Waals surface area contributed by atoms with Crippen molar-refractivity contribution >= 4 is 21.9 Å². The minimum Gasteiger partial charge on any atom is -0.488 e. The average molecular weight is 335 g/mol. The Labute approximate surface area is 126 Å². The van der Waals surface area contributed by atoms with Crippen LogP contribution in [-0.2, 0) is 11.3 Å². The van der Waals surface area contributed by atoms with Crippen LogP contribution in [0.5, 0.6) is 5.75 Å². The summed E-state index contributed by atoms with van der Waals surface area (Å²) >= 11 is 3.41. The summed E-state index contributed by atoms with van der Waals surface area (Å²) < 4.78 is 11.5. The third-order valence-electron chi connectivity index (χ3n) is 2.68. The van der Waals surface area contributed by atoms with Crippen molar-refractivity contribution in [2.45, 2.75) is 13.5 Å². The molecule has 0 heterocycles. The summed E-state index contributed by atoms with van der Waals surface area (Å²) in [7, 11) is 0. The highest BCUT2D eigenvalue weighted by Crippen LogP contribution is 2.27. The lowest BCUT2D eigenvalue weighted by molar-refractivity contribution is 0.0526. The highest BCUT2D eigenvalue weighted by molar-refractivity contribution is 9.10. The minimum absolute atomic E-state index is 0.343. The van der Waals surface area contributed by atoms with Crippen molar-refractivity contribution in [3.8, 4) is 5.75 Å². The molecule has 0 aliphatic rings. The summed E-state index contributed by atoms with van der Waals surface area (Å²) in [6.07, 6.45) is 0. The van der Waals surface area contributed by atoms with Gasteiger partial charge in [-0.3, -0.25) is 0 Å². The van der Waals surface area contributed by atoms with Crippen LogP contribution in [0.2, 0.25) is 0 Å². The van der Waals surface area contributed by atoms with Gasteiger partial charge in [0.1, 0.15) is 12.4 Å². The van der Waals surface area contributed by atoms with Gasteiger partial charge in [-0.15, -0.1) is 0 Å². The Bertz CT molecular complexity index is 582. The van der Waals surface area contributed by atoms with Crippen LogP contribution < -0.4 is 4.74 Å². The van der Waals surface area contributed by atoms with Crippen LogP contribution in [0.3, 0.4) is 0 Å². The molecule has 20 heavy (non-hydrogen) atoms. The molecule has 0 saturated heterocycles. The molecular formula is C16H15BrO3. The molecule has 0 atom stereocenters. The number of carbonyl (C=O) groups is 1. The van der Waals surface area contributed by atoms with Crippen molar-refractivity contribution < 1.29 is 14.3 Å². The maximum Gasteiger partial charge on any atom is 0.338 e. The van der Waals surface area contributed by atoms with Crippen molar-refractivity contribution in [2.75, 3.05) is 6.61 Å². The molecule has 4 heteroatoms. The van der Waals surface area contributed by atoms with E-state index in [2.05, 4.69) is 15.9 Å². The third kappa shape index (κ3) is 3.84. The first kappa shape index (κ1) is 14.6. The molecule has 2 aromatic carbocycles. The van der Waals surface area contributed by atoms with Crippen LogP contribution in [0.15, 0.2) is 53.0 Å². The molecule has 0 radical (unpaired) electrons. The lowest BCUT2D eigenvalue weighted by Crippen LogP contribution is -2.05. The predicted octanol–water partition coefficient (Wildman–Crippen LogP) is 4.20. The topological polar surface area (TPSA) is 35.5 Å². The van der Waals surface area contributed by atoms with E-state index in [9.17, 15) is 4.79 Å². The summed E-state index contributed by atoms with van der Waals surface area (Å²) in [6, 6.07) is 15.0. The van der Waals surface area contributed by atoms with Crippen molar-refractivity contribution in [3.63, 3.8) is 0 Å². The van der Waals surface area contributed by atoms with Crippen LogP contribution in [0.4, 0.5) is 0 Å². The van der Waals surface area contributed by atoms with Gasteiger partial charge in [0, 0.05) is 0 Å². The van der Waals surface area contributed by atoms with Crippen LogP contribution in [-0.4, -0.2) is 12.6 Å². The Kier molecular flexibility index (Phi) is 5.18. The number of carbonyl (C=O) groups excluding carboxylic acids is 1. The molecule has 0 aromatic heterocycles. The van der Waals surface area contributed by atoms with Gasteiger partial charge in [0.15, 0.2) is 0 Å². The fraction of sp³-hybridized carbons (Fsp3) is 0.188. The number of esters is 1. The van der Waals surface area contributed by atoms with Crippen LogP contribution in [0.1, 0.15) is 22.8 Å². The minimum atomic E-state index is -0.343. The maximum absolute atomic E-state index is 11.7. The van der Waals surface area contributed by atoms with Gasteiger partial charge in [-0.2, -0.15) is 0 Å². The van der Waals surface area contributed by atoms with Gasteiger partial charge < -0.3 is 9.47 Å². The highest BCUT2D eigenvalue weighted by Gasteiger charge is 2.10. The Balaban J connectivity index is 2.10. The van der Waals surface area contributed by atoms with Gasteiger partial charge >= 0.3 is 5.97 Å². The molecule has 0 unspecified atom stereocenters. The Morgan fingerprint density at radius 3 is 2.60 bits per heavy atom. The summed E-state index contributed by atoms with van der Waals surface area (Å²) in [5, 5.41) is 0. The second-order valence-electron chi connectivity index (χ2n) is 4.14. The zero-order valence-electron chi connectivity index (χ0n) is 11.1. The first-order valence-electron chi connectivity index (χ1n) is 6.34. The van der Waals surface area contributed by atoms with E-state index in [1.54, 1.807) is 25.1 Å². The van der Waals surface area contributed by atoms with Crippen LogP contribution in [0.25, 0.3) is 0 Å². The summed E-state index contributed by atoms with van der Waals surface area (Å²) in [5.41, 5.74) is 1.55. The number of halogens is 1. The third-order valence-corrected chi connectivity index (χ3v) is 3.33. The molecule has 0 aliphatic heterocycles. The first-order valence-corrected chi connectivity index (χ1v) is 7.13. The second-order valence-corrected chi connectivity index (χ2v) is 4.99. The molecule has 2 rings (SSSR count). The monoisotopic (exact) mass is 334 g/mol. The zero-order chi connectivity index (χ0) is 14.4. The molecule has 3 nitrogen and oxygen atoms in total. The van der Waals surface area contributed by atoms with E-state index in [1.807, 2.05) is 30.3 Å². The van der Waals surface area contributed by atoms with E-state index in [4.69, 9.17) is 9.47 Å². The van der Waals surface area contributed by atoms with E-state index >= 15 is 0 Å². The van der Waals surface area contributed by atoms with Crippen molar-refractivity contribution in [1.29, 1.82) is 0 Å². The van der Waals surface area contributed by atoms with Crippen LogP contribution in [0, 0.1) is 0 Å². The van der Waals surface area contributed by atoms with E-state index in [-0.39, 0.29) is 5.97 Å². The van der Waals surface area contributed by atoms with Crippen LogP contribution >= 0.6 is 15.9 Å². The van der Waals surface area contributed by atoms with Gasteiger partial charge in [0.25, 0.3) is 0 Å². The average Bonchev–Trinajstić information content (AvgIpc) is 2.47. The number of ether oxygens (including phenoxy) is 2. The van der Waals surface area contributed by atoms with Gasteiger partial charge in [-0.25, -0.2) is 4.79 Å². The summed E-state index contributed by atoms with van der Waals surface area (Å²) in [4.78, 5) is 11.7. The summed E-state index contributed by atoms with van der Waals surface area (Å²) in [6.45, 7) is 2.59. The molecular weight excluding hydrogens is 320 g/mol. The Morgan fingerprint density at radius 1 is 1.15 bits per heavy atom. The Hall–Kier alpha value is -1.81. The highest BCUT2D eigenvalue weighted by atomic mass is 79.9. The van der Waals surface area contributed by atoms with Crippen molar-refractivity contribution in [3.05, 3.63) is 64.1 Å². The fourth-order valence-electron chi connectivity index (χ4n) is 1.69. The number of hydrogen-bond donors (Lipinski definition) is 0. The molecule has 2 aromatic rings. The standard InChI is InChI=1S/C16H15BrO3/c1-2-19-16(18)13-8-9-14(17)15(10-13)20-11-12-6-4-3-5-7-12/h3-10H,2,11H2,1H3. The van der Waals surface area contributed by atoms with Crippen molar-refractivity contribution in [2.24, 2.45) is 0 Å². The largest absolute Gasteiger partial charge is 0.488 e. The predicted molar refractivity (Wildman–Crippen MR) is 80.9 cm³/mol. The number of hydrogen-bond acceptors (Lipinski definition) is 3. The van der Waals surface area contributed by atoms with E-state index in [0.717, 1.165) is 10.0 Å².